The third-order valence-electron chi connectivity index (χ3n) is 1.96. The summed E-state index contributed by atoms with van der Waals surface area (Å²) in [5, 5.41) is 0. The van der Waals surface area contributed by atoms with E-state index in [0.29, 0.717) is 23.6 Å². The minimum absolute atomic E-state index is 0.558. The molecule has 3 heteroatoms. The molecule has 1 aromatic carbocycles. The van der Waals surface area contributed by atoms with Crippen LogP contribution in [0.2, 0.25) is 0 Å². The summed E-state index contributed by atoms with van der Waals surface area (Å²) in [6.07, 6.45) is 1.63. The van der Waals surface area contributed by atoms with Crippen LogP contribution in [0.1, 0.15) is 15.9 Å². The van der Waals surface area contributed by atoms with Crippen molar-refractivity contribution in [3.63, 3.8) is 0 Å². The molecule has 12 heavy (non-hydrogen) atoms. The lowest BCUT2D eigenvalue weighted by atomic mass is 10.1. The lowest BCUT2D eigenvalue weighted by Crippen LogP contribution is -1.92. The Labute approximate surface area is 70.1 Å². The Balaban J connectivity index is 2.62. The van der Waals surface area contributed by atoms with Gasteiger partial charge in [-0.1, -0.05) is 0 Å². The molecule has 0 fully saturated rings. The molecule has 0 unspecified atom stereocenters. The summed E-state index contributed by atoms with van der Waals surface area (Å²) >= 11 is 0. The van der Waals surface area contributed by atoms with Crippen LogP contribution >= 0.6 is 0 Å². The Kier molecular flexibility index (Phi) is 1.50. The van der Waals surface area contributed by atoms with Crippen molar-refractivity contribution >= 4 is 12.0 Å². The highest BCUT2D eigenvalue weighted by Gasteiger charge is 2.16. The SMILES string of the molecule is Nc1cc(C=O)c2c(c1)CCO2. The van der Waals surface area contributed by atoms with E-state index in [-0.39, 0.29) is 0 Å². The van der Waals surface area contributed by atoms with Crippen molar-refractivity contribution in [2.75, 3.05) is 12.3 Å². The lowest BCUT2D eigenvalue weighted by molar-refractivity contribution is 0.112. The van der Waals surface area contributed by atoms with E-state index in [0.717, 1.165) is 18.3 Å². The summed E-state index contributed by atoms with van der Waals surface area (Å²) < 4.78 is 5.29. The largest absolute Gasteiger partial charge is 0.492 e. The Morgan fingerprint density at radius 1 is 1.50 bits per heavy atom. The number of nitrogen functional groups attached to an aromatic ring is 1. The van der Waals surface area contributed by atoms with Crippen molar-refractivity contribution in [1.29, 1.82) is 0 Å². The molecule has 1 aliphatic heterocycles. The molecule has 0 spiro atoms. The minimum atomic E-state index is 0.558. The van der Waals surface area contributed by atoms with Crippen molar-refractivity contribution in [2.45, 2.75) is 6.42 Å². The number of carbonyl (C=O) groups excluding carboxylic acids is 1. The van der Waals surface area contributed by atoms with Crippen LogP contribution < -0.4 is 10.5 Å². The first-order valence-electron chi connectivity index (χ1n) is 3.81. The van der Waals surface area contributed by atoms with Gasteiger partial charge in [0.2, 0.25) is 0 Å². The zero-order chi connectivity index (χ0) is 8.55. The number of hydrogen-bond acceptors (Lipinski definition) is 3. The van der Waals surface area contributed by atoms with E-state index in [1.54, 1.807) is 6.07 Å². The van der Waals surface area contributed by atoms with Crippen molar-refractivity contribution in [3.05, 3.63) is 23.3 Å². The summed E-state index contributed by atoms with van der Waals surface area (Å²) in [7, 11) is 0. The van der Waals surface area contributed by atoms with Crippen molar-refractivity contribution < 1.29 is 9.53 Å². The molecule has 0 aromatic heterocycles. The maximum atomic E-state index is 10.6. The molecule has 0 atom stereocenters. The van der Waals surface area contributed by atoms with Gasteiger partial charge in [0.1, 0.15) is 5.75 Å². The van der Waals surface area contributed by atoms with E-state index in [1.165, 1.54) is 0 Å². The van der Waals surface area contributed by atoms with Gasteiger partial charge < -0.3 is 10.5 Å². The lowest BCUT2D eigenvalue weighted by Gasteiger charge is -2.02. The van der Waals surface area contributed by atoms with Crippen LogP contribution in [0.5, 0.6) is 5.75 Å². The van der Waals surface area contributed by atoms with Gasteiger partial charge in [-0.3, -0.25) is 4.79 Å². The summed E-state index contributed by atoms with van der Waals surface area (Å²) in [5.41, 5.74) is 7.82. The van der Waals surface area contributed by atoms with Crippen LogP contribution in [-0.2, 0) is 6.42 Å². The van der Waals surface area contributed by atoms with Gasteiger partial charge in [-0.25, -0.2) is 0 Å². The molecule has 62 valence electrons. The molecule has 0 saturated heterocycles. The number of carbonyl (C=O) groups is 1. The quantitative estimate of drug-likeness (QED) is 0.496. The van der Waals surface area contributed by atoms with E-state index < -0.39 is 0 Å². The van der Waals surface area contributed by atoms with Gasteiger partial charge >= 0.3 is 0 Å². The standard InChI is InChI=1S/C9H9NO2/c10-8-3-6-1-2-12-9(6)7(4-8)5-11/h3-5H,1-2,10H2. The molecule has 0 saturated carbocycles. The van der Waals surface area contributed by atoms with Gasteiger partial charge in [-0.2, -0.15) is 0 Å². The molecule has 0 amide bonds. The number of rotatable bonds is 1. The van der Waals surface area contributed by atoms with Gasteiger partial charge in [0, 0.05) is 17.7 Å². The summed E-state index contributed by atoms with van der Waals surface area (Å²) in [6.45, 7) is 0.652. The van der Waals surface area contributed by atoms with E-state index in [9.17, 15) is 4.79 Å². The second-order valence-corrected chi connectivity index (χ2v) is 2.81. The predicted octanol–water partition coefficient (Wildman–Crippen LogP) is 1.02. The number of benzene rings is 1. The summed E-state index contributed by atoms with van der Waals surface area (Å²) in [6, 6.07) is 3.49. The monoisotopic (exact) mass is 163 g/mol. The number of anilines is 1. The normalized spacial score (nSPS) is 13.7. The number of aldehydes is 1. The maximum absolute atomic E-state index is 10.6. The maximum Gasteiger partial charge on any atom is 0.153 e. The van der Waals surface area contributed by atoms with Gasteiger partial charge in [-0.15, -0.1) is 0 Å². The molecular weight excluding hydrogens is 154 g/mol. The summed E-state index contributed by atoms with van der Waals surface area (Å²) in [4.78, 5) is 10.6. The molecule has 0 aliphatic carbocycles. The fourth-order valence-electron chi connectivity index (χ4n) is 1.45. The zero-order valence-electron chi connectivity index (χ0n) is 6.54. The van der Waals surface area contributed by atoms with Gasteiger partial charge in [0.15, 0.2) is 6.29 Å². The number of nitrogens with two attached hydrogens (primary N) is 1. The molecular formula is C9H9NO2. The molecule has 1 aliphatic rings. The van der Waals surface area contributed by atoms with Crippen LogP contribution in [-0.4, -0.2) is 12.9 Å². The van der Waals surface area contributed by atoms with Gasteiger partial charge in [0.25, 0.3) is 0 Å². The van der Waals surface area contributed by atoms with E-state index >= 15 is 0 Å². The number of hydrogen-bond donors (Lipinski definition) is 1. The molecule has 2 rings (SSSR count). The smallest absolute Gasteiger partial charge is 0.153 e. The van der Waals surface area contributed by atoms with Crippen LogP contribution in [0, 0.1) is 0 Å². The molecule has 2 N–H and O–H groups in total. The van der Waals surface area contributed by atoms with E-state index in [4.69, 9.17) is 10.5 Å². The molecule has 0 bridgehead atoms. The second-order valence-electron chi connectivity index (χ2n) is 2.81. The van der Waals surface area contributed by atoms with Gasteiger partial charge in [0.05, 0.1) is 12.2 Å². The Morgan fingerprint density at radius 2 is 2.33 bits per heavy atom. The molecule has 0 radical (unpaired) electrons. The second kappa shape index (κ2) is 2.52. The molecule has 1 heterocycles. The Morgan fingerprint density at radius 3 is 3.08 bits per heavy atom. The molecule has 3 nitrogen and oxygen atoms in total. The van der Waals surface area contributed by atoms with Crippen molar-refractivity contribution in [2.24, 2.45) is 0 Å². The van der Waals surface area contributed by atoms with E-state index in [2.05, 4.69) is 0 Å². The highest BCUT2D eigenvalue weighted by molar-refractivity contribution is 5.82. The highest BCUT2D eigenvalue weighted by atomic mass is 16.5. The fraction of sp³-hybridized carbons (Fsp3) is 0.222. The first-order chi connectivity index (χ1) is 5.81. The van der Waals surface area contributed by atoms with Crippen molar-refractivity contribution in [3.8, 4) is 5.75 Å². The topological polar surface area (TPSA) is 52.3 Å². The van der Waals surface area contributed by atoms with Crippen molar-refractivity contribution in [1.82, 2.24) is 0 Å². The number of ether oxygens (including phenoxy) is 1. The average Bonchev–Trinajstić information content (AvgIpc) is 2.50. The van der Waals surface area contributed by atoms with Crippen LogP contribution in [0.25, 0.3) is 0 Å². The van der Waals surface area contributed by atoms with Crippen LogP contribution in [0.4, 0.5) is 5.69 Å². The van der Waals surface area contributed by atoms with Crippen LogP contribution in [0.3, 0.4) is 0 Å². The Hall–Kier alpha value is -1.51. The highest BCUT2D eigenvalue weighted by Crippen LogP contribution is 2.30. The van der Waals surface area contributed by atoms with Gasteiger partial charge in [-0.05, 0) is 12.1 Å². The number of fused-ring (bicyclic) bond motifs is 1. The first kappa shape index (κ1) is 7.16. The van der Waals surface area contributed by atoms with Crippen LogP contribution in [0.15, 0.2) is 12.1 Å². The predicted molar refractivity (Wildman–Crippen MR) is 45.4 cm³/mol. The molecule has 1 aromatic rings. The minimum Gasteiger partial charge on any atom is -0.492 e. The average molecular weight is 163 g/mol. The Bertz CT molecular complexity index is 334. The zero-order valence-corrected chi connectivity index (χ0v) is 6.54. The third-order valence-corrected chi connectivity index (χ3v) is 1.96. The summed E-state index contributed by atoms with van der Waals surface area (Å²) in [5.74, 6) is 0.708. The van der Waals surface area contributed by atoms with E-state index in [1.807, 2.05) is 6.07 Å². The third kappa shape index (κ3) is 0.942. The fourth-order valence-corrected chi connectivity index (χ4v) is 1.45. The first-order valence-corrected chi connectivity index (χ1v) is 3.81.